The van der Waals surface area contributed by atoms with Gasteiger partial charge in [-0.15, -0.1) is 0 Å². The van der Waals surface area contributed by atoms with Crippen LogP contribution in [0.25, 0.3) is 0 Å². The van der Waals surface area contributed by atoms with Crippen LogP contribution in [0.15, 0.2) is 48.5 Å². The minimum Gasteiger partial charge on any atom is -0.442 e. The largest absolute Gasteiger partial charge is 0.442 e. The molecular formula is C18H17ClN2O3. The van der Waals surface area contributed by atoms with Crippen molar-refractivity contribution in [3.63, 3.8) is 0 Å². The van der Waals surface area contributed by atoms with Crippen molar-refractivity contribution in [2.24, 2.45) is 0 Å². The van der Waals surface area contributed by atoms with E-state index in [-0.39, 0.29) is 12.5 Å². The van der Waals surface area contributed by atoms with Gasteiger partial charge in [0.15, 0.2) is 0 Å². The third-order valence-corrected chi connectivity index (χ3v) is 4.16. The third kappa shape index (κ3) is 3.51. The monoisotopic (exact) mass is 344 g/mol. The number of hydrogen-bond acceptors (Lipinski definition) is 3. The van der Waals surface area contributed by atoms with E-state index in [1.54, 1.807) is 29.2 Å². The van der Waals surface area contributed by atoms with Gasteiger partial charge in [0.1, 0.15) is 6.10 Å². The van der Waals surface area contributed by atoms with Gasteiger partial charge in [-0.3, -0.25) is 9.69 Å². The lowest BCUT2D eigenvalue weighted by molar-refractivity contribution is 0.0916. The van der Waals surface area contributed by atoms with Gasteiger partial charge < -0.3 is 10.1 Å². The minimum atomic E-state index is -0.407. The normalized spacial score (nSPS) is 16.8. The number of hydrogen-bond donors (Lipinski definition) is 1. The Labute approximate surface area is 145 Å². The molecule has 24 heavy (non-hydrogen) atoms. The van der Waals surface area contributed by atoms with Crippen LogP contribution in [0.5, 0.6) is 0 Å². The Balaban J connectivity index is 1.59. The fourth-order valence-electron chi connectivity index (χ4n) is 2.51. The van der Waals surface area contributed by atoms with Crippen molar-refractivity contribution in [2.45, 2.75) is 13.0 Å². The SMILES string of the molecule is Cc1ccc(N2C[C@H](CNC(=O)c3ccccc3Cl)OC2=O)cc1. The number of nitrogens with one attached hydrogen (secondary N) is 1. The first-order valence-electron chi connectivity index (χ1n) is 7.62. The van der Waals surface area contributed by atoms with Gasteiger partial charge in [-0.25, -0.2) is 4.79 Å². The topological polar surface area (TPSA) is 58.6 Å². The average molecular weight is 345 g/mol. The molecule has 1 aliphatic rings. The molecule has 2 amide bonds. The summed E-state index contributed by atoms with van der Waals surface area (Å²) in [5, 5.41) is 3.14. The highest BCUT2D eigenvalue weighted by Gasteiger charge is 2.32. The van der Waals surface area contributed by atoms with Crippen LogP contribution in [0, 0.1) is 6.92 Å². The number of halogens is 1. The predicted molar refractivity (Wildman–Crippen MR) is 92.6 cm³/mol. The molecule has 0 bridgehead atoms. The summed E-state index contributed by atoms with van der Waals surface area (Å²) in [6, 6.07) is 14.4. The van der Waals surface area contributed by atoms with Gasteiger partial charge in [0.2, 0.25) is 0 Å². The first-order valence-corrected chi connectivity index (χ1v) is 8.00. The third-order valence-electron chi connectivity index (χ3n) is 3.83. The van der Waals surface area contributed by atoms with Crippen LogP contribution in [-0.2, 0) is 4.74 Å². The number of benzene rings is 2. The van der Waals surface area contributed by atoms with E-state index < -0.39 is 12.2 Å². The Morgan fingerprint density at radius 1 is 1.25 bits per heavy atom. The number of amides is 2. The highest BCUT2D eigenvalue weighted by atomic mass is 35.5. The molecule has 1 N–H and O–H groups in total. The van der Waals surface area contributed by atoms with Gasteiger partial charge in [0.25, 0.3) is 5.91 Å². The molecule has 5 nitrogen and oxygen atoms in total. The summed E-state index contributed by atoms with van der Waals surface area (Å²) in [7, 11) is 0. The van der Waals surface area contributed by atoms with E-state index in [4.69, 9.17) is 16.3 Å². The molecule has 0 unspecified atom stereocenters. The molecule has 1 heterocycles. The summed E-state index contributed by atoms with van der Waals surface area (Å²) in [5.41, 5.74) is 2.30. The predicted octanol–water partition coefficient (Wildman–Crippen LogP) is 3.40. The summed E-state index contributed by atoms with van der Waals surface area (Å²) >= 11 is 6.00. The summed E-state index contributed by atoms with van der Waals surface area (Å²) in [6.07, 6.45) is -0.805. The Bertz CT molecular complexity index is 761. The first kappa shape index (κ1) is 16.3. The van der Waals surface area contributed by atoms with Crippen LogP contribution in [0.4, 0.5) is 10.5 Å². The number of carbonyl (C=O) groups is 2. The average Bonchev–Trinajstić information content (AvgIpc) is 2.95. The summed E-state index contributed by atoms with van der Waals surface area (Å²) in [4.78, 5) is 25.7. The first-order chi connectivity index (χ1) is 11.5. The molecule has 124 valence electrons. The molecular weight excluding hydrogens is 328 g/mol. The molecule has 0 saturated carbocycles. The Morgan fingerprint density at radius 3 is 2.67 bits per heavy atom. The van der Waals surface area contributed by atoms with Crippen molar-refractivity contribution in [1.82, 2.24) is 5.32 Å². The molecule has 3 rings (SSSR count). The lowest BCUT2D eigenvalue weighted by Crippen LogP contribution is -2.34. The maximum absolute atomic E-state index is 12.1. The van der Waals surface area contributed by atoms with E-state index in [0.29, 0.717) is 17.1 Å². The van der Waals surface area contributed by atoms with Crippen LogP contribution >= 0.6 is 11.6 Å². The van der Waals surface area contributed by atoms with Gasteiger partial charge in [-0.05, 0) is 31.2 Å². The van der Waals surface area contributed by atoms with E-state index in [9.17, 15) is 9.59 Å². The number of anilines is 1. The molecule has 0 spiro atoms. The fraction of sp³-hybridized carbons (Fsp3) is 0.222. The van der Waals surface area contributed by atoms with Crippen molar-refractivity contribution >= 4 is 29.3 Å². The maximum Gasteiger partial charge on any atom is 0.414 e. The highest BCUT2D eigenvalue weighted by Crippen LogP contribution is 2.22. The lowest BCUT2D eigenvalue weighted by atomic mass is 10.2. The molecule has 1 atom stereocenters. The smallest absolute Gasteiger partial charge is 0.414 e. The minimum absolute atomic E-state index is 0.234. The van der Waals surface area contributed by atoms with E-state index in [0.717, 1.165) is 11.3 Å². The Morgan fingerprint density at radius 2 is 1.96 bits per heavy atom. The van der Waals surface area contributed by atoms with Crippen LogP contribution in [0.3, 0.4) is 0 Å². The number of ether oxygens (including phenoxy) is 1. The molecule has 0 aromatic heterocycles. The van der Waals surface area contributed by atoms with Gasteiger partial charge in [-0.2, -0.15) is 0 Å². The zero-order valence-electron chi connectivity index (χ0n) is 13.2. The molecule has 1 saturated heterocycles. The van der Waals surface area contributed by atoms with E-state index >= 15 is 0 Å². The number of rotatable bonds is 4. The van der Waals surface area contributed by atoms with Crippen LogP contribution in [0.2, 0.25) is 5.02 Å². The van der Waals surface area contributed by atoms with Crippen LogP contribution < -0.4 is 10.2 Å². The molecule has 6 heteroatoms. The van der Waals surface area contributed by atoms with E-state index in [2.05, 4.69) is 5.32 Å². The quantitative estimate of drug-likeness (QED) is 0.924. The second-order valence-corrected chi connectivity index (χ2v) is 6.05. The van der Waals surface area contributed by atoms with Crippen LogP contribution in [0.1, 0.15) is 15.9 Å². The highest BCUT2D eigenvalue weighted by molar-refractivity contribution is 6.33. The van der Waals surface area contributed by atoms with Crippen LogP contribution in [-0.4, -0.2) is 31.2 Å². The van der Waals surface area contributed by atoms with Crippen molar-refractivity contribution in [3.05, 3.63) is 64.7 Å². The standard InChI is InChI=1S/C18H17ClN2O3/c1-12-6-8-13(9-7-12)21-11-14(24-18(21)23)10-20-17(22)15-4-2-3-5-16(15)19/h2-9,14H,10-11H2,1H3,(H,20,22)/t14-/m0/s1. The second kappa shape index (κ2) is 6.93. The van der Waals surface area contributed by atoms with Gasteiger partial charge in [0.05, 0.1) is 23.7 Å². The van der Waals surface area contributed by atoms with Crippen molar-refractivity contribution in [3.8, 4) is 0 Å². The Hall–Kier alpha value is -2.53. The second-order valence-electron chi connectivity index (χ2n) is 5.64. The number of carbonyl (C=O) groups excluding carboxylic acids is 2. The van der Waals surface area contributed by atoms with E-state index in [1.165, 1.54) is 0 Å². The summed E-state index contributed by atoms with van der Waals surface area (Å²) in [6.45, 7) is 2.61. The molecule has 1 fully saturated rings. The molecule has 2 aromatic carbocycles. The zero-order chi connectivity index (χ0) is 17.1. The number of nitrogens with zero attached hydrogens (tertiary/aromatic N) is 1. The number of cyclic esters (lactones) is 1. The lowest BCUT2D eigenvalue weighted by Gasteiger charge is -2.13. The number of aryl methyl sites for hydroxylation is 1. The fourth-order valence-corrected chi connectivity index (χ4v) is 2.73. The molecule has 1 aliphatic heterocycles. The van der Waals surface area contributed by atoms with Crippen molar-refractivity contribution in [2.75, 3.05) is 18.0 Å². The molecule has 0 aliphatic carbocycles. The summed E-state index contributed by atoms with van der Waals surface area (Å²) < 4.78 is 5.31. The van der Waals surface area contributed by atoms with Gasteiger partial charge in [-0.1, -0.05) is 41.4 Å². The molecule has 2 aromatic rings. The van der Waals surface area contributed by atoms with Gasteiger partial charge in [0, 0.05) is 5.69 Å². The van der Waals surface area contributed by atoms with Gasteiger partial charge >= 0.3 is 6.09 Å². The van der Waals surface area contributed by atoms with E-state index in [1.807, 2.05) is 31.2 Å². The Kier molecular flexibility index (Phi) is 4.71. The van der Waals surface area contributed by atoms with Crippen molar-refractivity contribution < 1.29 is 14.3 Å². The maximum atomic E-state index is 12.1. The zero-order valence-corrected chi connectivity index (χ0v) is 13.9. The van der Waals surface area contributed by atoms with Crippen molar-refractivity contribution in [1.29, 1.82) is 0 Å². The molecule has 0 radical (unpaired) electrons. The summed E-state index contributed by atoms with van der Waals surface area (Å²) in [5.74, 6) is -0.287.